The first-order valence-electron chi connectivity index (χ1n) is 8.26. The Morgan fingerprint density at radius 3 is 2.88 bits per heavy atom. The third-order valence-corrected chi connectivity index (χ3v) is 4.05. The lowest BCUT2D eigenvalue weighted by molar-refractivity contribution is 0.0592. The zero-order chi connectivity index (χ0) is 18.4. The number of carbonyl (C=O) groups excluding carboxylic acids is 1. The molecular formula is C18H25FN4O2. The van der Waals surface area contributed by atoms with Gasteiger partial charge in [-0.2, -0.15) is 5.10 Å². The number of hydrogen-bond donors (Lipinski definition) is 3. The Morgan fingerprint density at radius 1 is 1.48 bits per heavy atom. The van der Waals surface area contributed by atoms with Gasteiger partial charge in [-0.3, -0.25) is 4.68 Å². The molecule has 1 aromatic carbocycles. The van der Waals surface area contributed by atoms with Crippen molar-refractivity contribution in [3.8, 4) is 0 Å². The fourth-order valence-electron chi connectivity index (χ4n) is 2.48. The first kappa shape index (κ1) is 18.9. The number of nitrogens with zero attached hydrogens (tertiary/aromatic N) is 2. The van der Waals surface area contributed by atoms with Crippen molar-refractivity contribution in [2.45, 2.75) is 38.3 Å². The minimum atomic E-state index is -1.20. The molecule has 0 aliphatic rings. The maximum absolute atomic E-state index is 13.1. The van der Waals surface area contributed by atoms with Crippen LogP contribution in [0.4, 0.5) is 9.18 Å². The average molecular weight is 348 g/mol. The molecule has 25 heavy (non-hydrogen) atoms. The van der Waals surface area contributed by atoms with Gasteiger partial charge in [0.25, 0.3) is 0 Å². The van der Waals surface area contributed by atoms with E-state index in [2.05, 4.69) is 15.7 Å². The van der Waals surface area contributed by atoms with Crippen molar-refractivity contribution >= 4 is 6.03 Å². The molecule has 3 N–H and O–H groups in total. The smallest absolute Gasteiger partial charge is 0.315 e. The number of carbonyl (C=O) groups is 1. The third kappa shape index (κ3) is 5.86. The first-order valence-corrected chi connectivity index (χ1v) is 8.26. The summed E-state index contributed by atoms with van der Waals surface area (Å²) in [6.45, 7) is 3.58. The van der Waals surface area contributed by atoms with Crippen LogP contribution in [0.2, 0.25) is 0 Å². The number of aryl methyl sites for hydroxylation is 2. The molecule has 2 rings (SSSR count). The normalized spacial score (nSPS) is 14.6. The minimum absolute atomic E-state index is 0.0706. The SMILES string of the molecule is C[C@@H](CCc1cccc(F)c1)NC(=O)NC[C@](C)(O)c1cnn(C)c1. The molecule has 136 valence electrons. The van der Waals surface area contributed by atoms with E-state index in [1.165, 1.54) is 12.1 Å². The largest absolute Gasteiger partial charge is 0.383 e. The van der Waals surface area contributed by atoms with Crippen molar-refractivity contribution in [3.63, 3.8) is 0 Å². The zero-order valence-corrected chi connectivity index (χ0v) is 14.8. The van der Waals surface area contributed by atoms with Crippen LogP contribution in [0, 0.1) is 5.82 Å². The van der Waals surface area contributed by atoms with Gasteiger partial charge in [-0.05, 0) is 44.4 Å². The summed E-state index contributed by atoms with van der Waals surface area (Å²) in [4.78, 5) is 12.0. The van der Waals surface area contributed by atoms with Crippen LogP contribution in [-0.2, 0) is 19.1 Å². The monoisotopic (exact) mass is 348 g/mol. The number of aliphatic hydroxyl groups is 1. The van der Waals surface area contributed by atoms with Gasteiger partial charge in [0.2, 0.25) is 0 Å². The fourth-order valence-corrected chi connectivity index (χ4v) is 2.48. The van der Waals surface area contributed by atoms with E-state index < -0.39 is 5.60 Å². The lowest BCUT2D eigenvalue weighted by Crippen LogP contribution is -2.46. The van der Waals surface area contributed by atoms with Crippen LogP contribution in [0.25, 0.3) is 0 Å². The summed E-state index contributed by atoms with van der Waals surface area (Å²) < 4.78 is 14.7. The number of aromatic nitrogens is 2. The number of rotatable bonds is 7. The van der Waals surface area contributed by atoms with Crippen LogP contribution >= 0.6 is 0 Å². The molecule has 1 aromatic heterocycles. The number of nitrogens with one attached hydrogen (secondary N) is 2. The number of benzene rings is 1. The van der Waals surface area contributed by atoms with Crippen molar-refractivity contribution < 1.29 is 14.3 Å². The Kier molecular flexibility index (Phi) is 6.14. The standard InChI is InChI=1S/C18H25FN4O2/c1-13(7-8-14-5-4-6-16(19)9-14)22-17(24)20-12-18(2,25)15-10-21-23(3)11-15/h4-6,9-11,13,25H,7-8,12H2,1-3H3,(H2,20,22,24)/t13-,18-/m0/s1. The summed E-state index contributed by atoms with van der Waals surface area (Å²) in [5.41, 5.74) is 0.333. The molecule has 2 aromatic rings. The van der Waals surface area contributed by atoms with E-state index in [4.69, 9.17) is 0 Å². The van der Waals surface area contributed by atoms with E-state index in [-0.39, 0.29) is 24.4 Å². The number of halogens is 1. The fraction of sp³-hybridized carbons (Fsp3) is 0.444. The highest BCUT2D eigenvalue weighted by molar-refractivity contribution is 5.74. The quantitative estimate of drug-likeness (QED) is 0.717. The molecular weight excluding hydrogens is 323 g/mol. The molecule has 0 fully saturated rings. The van der Waals surface area contributed by atoms with Gasteiger partial charge < -0.3 is 15.7 Å². The second-order valence-electron chi connectivity index (χ2n) is 6.57. The maximum atomic E-state index is 13.1. The molecule has 2 amide bonds. The topological polar surface area (TPSA) is 79.2 Å². The highest BCUT2D eigenvalue weighted by Gasteiger charge is 2.25. The zero-order valence-electron chi connectivity index (χ0n) is 14.8. The molecule has 0 aliphatic carbocycles. The third-order valence-electron chi connectivity index (χ3n) is 4.05. The Hall–Kier alpha value is -2.41. The summed E-state index contributed by atoms with van der Waals surface area (Å²) in [6, 6.07) is 6.02. The second-order valence-corrected chi connectivity index (χ2v) is 6.57. The van der Waals surface area contributed by atoms with Gasteiger partial charge in [-0.15, -0.1) is 0 Å². The number of hydrogen-bond acceptors (Lipinski definition) is 3. The molecule has 0 saturated heterocycles. The van der Waals surface area contributed by atoms with Gasteiger partial charge in [-0.1, -0.05) is 12.1 Å². The number of urea groups is 1. The molecule has 7 heteroatoms. The first-order chi connectivity index (χ1) is 11.8. The predicted octanol–water partition coefficient (Wildman–Crippen LogP) is 2.09. The lowest BCUT2D eigenvalue weighted by Gasteiger charge is -2.23. The van der Waals surface area contributed by atoms with E-state index in [9.17, 15) is 14.3 Å². The Morgan fingerprint density at radius 2 is 2.24 bits per heavy atom. The van der Waals surface area contributed by atoms with Crippen LogP contribution in [0.5, 0.6) is 0 Å². The van der Waals surface area contributed by atoms with Crippen LogP contribution in [0.1, 0.15) is 31.4 Å². The van der Waals surface area contributed by atoms with Crippen molar-refractivity contribution in [1.82, 2.24) is 20.4 Å². The van der Waals surface area contributed by atoms with Crippen LogP contribution in [0.15, 0.2) is 36.7 Å². The molecule has 0 saturated carbocycles. The van der Waals surface area contributed by atoms with Crippen LogP contribution < -0.4 is 10.6 Å². The van der Waals surface area contributed by atoms with E-state index >= 15 is 0 Å². The molecule has 0 spiro atoms. The Bertz CT molecular complexity index is 715. The van der Waals surface area contributed by atoms with Crippen molar-refractivity contribution in [2.24, 2.45) is 7.05 Å². The van der Waals surface area contributed by atoms with Crippen molar-refractivity contribution in [1.29, 1.82) is 0 Å². The highest BCUT2D eigenvalue weighted by Crippen LogP contribution is 2.18. The average Bonchev–Trinajstić information content (AvgIpc) is 2.99. The summed E-state index contributed by atoms with van der Waals surface area (Å²) in [5.74, 6) is -0.256. The summed E-state index contributed by atoms with van der Waals surface area (Å²) in [5, 5.41) is 19.9. The van der Waals surface area contributed by atoms with Gasteiger partial charge in [-0.25, -0.2) is 9.18 Å². The molecule has 2 atom stereocenters. The minimum Gasteiger partial charge on any atom is -0.383 e. The van der Waals surface area contributed by atoms with E-state index in [0.29, 0.717) is 18.4 Å². The Labute approximate surface area is 147 Å². The van der Waals surface area contributed by atoms with Gasteiger partial charge in [0.15, 0.2) is 0 Å². The van der Waals surface area contributed by atoms with Crippen molar-refractivity contribution in [3.05, 3.63) is 53.6 Å². The molecule has 6 nitrogen and oxygen atoms in total. The van der Waals surface area contributed by atoms with Gasteiger partial charge in [0.1, 0.15) is 11.4 Å². The van der Waals surface area contributed by atoms with Gasteiger partial charge in [0, 0.05) is 24.8 Å². The summed E-state index contributed by atoms with van der Waals surface area (Å²) in [6.07, 6.45) is 4.64. The molecule has 0 bridgehead atoms. The molecule has 0 unspecified atom stereocenters. The van der Waals surface area contributed by atoms with E-state index in [1.54, 1.807) is 37.1 Å². The maximum Gasteiger partial charge on any atom is 0.315 e. The van der Waals surface area contributed by atoms with Gasteiger partial charge in [0.05, 0.1) is 12.7 Å². The molecule has 1 heterocycles. The highest BCUT2D eigenvalue weighted by atomic mass is 19.1. The molecule has 0 radical (unpaired) electrons. The second kappa shape index (κ2) is 8.11. The van der Waals surface area contributed by atoms with Crippen LogP contribution in [0.3, 0.4) is 0 Å². The van der Waals surface area contributed by atoms with Gasteiger partial charge >= 0.3 is 6.03 Å². The van der Waals surface area contributed by atoms with E-state index in [1.807, 2.05) is 13.0 Å². The van der Waals surface area contributed by atoms with E-state index in [0.717, 1.165) is 5.56 Å². The molecule has 0 aliphatic heterocycles. The number of amides is 2. The predicted molar refractivity (Wildman–Crippen MR) is 93.5 cm³/mol. The lowest BCUT2D eigenvalue weighted by atomic mass is 10.00. The van der Waals surface area contributed by atoms with Crippen LogP contribution in [-0.4, -0.2) is 33.5 Å². The summed E-state index contributed by atoms with van der Waals surface area (Å²) in [7, 11) is 1.76. The Balaban J connectivity index is 1.75. The summed E-state index contributed by atoms with van der Waals surface area (Å²) >= 11 is 0. The van der Waals surface area contributed by atoms with Crippen molar-refractivity contribution in [2.75, 3.05) is 6.54 Å².